The van der Waals surface area contributed by atoms with E-state index in [1.54, 1.807) is 43.3 Å². The third kappa shape index (κ3) is 8.58. The molecule has 1 N–H and O–H groups in total. The van der Waals surface area contributed by atoms with E-state index in [4.69, 9.17) is 32.7 Å². The molecule has 238 valence electrons. The van der Waals surface area contributed by atoms with Crippen LogP contribution in [0.5, 0.6) is 11.5 Å². The number of benzene rings is 3. The van der Waals surface area contributed by atoms with Crippen molar-refractivity contribution >= 4 is 50.7 Å². The second-order valence-electron chi connectivity index (χ2n) is 11.3. The number of nitrogens with one attached hydrogen (secondary N) is 1. The summed E-state index contributed by atoms with van der Waals surface area (Å²) in [5.41, 5.74) is 1.02. The van der Waals surface area contributed by atoms with Crippen LogP contribution in [0.4, 0.5) is 5.69 Å². The Labute approximate surface area is 270 Å². The summed E-state index contributed by atoms with van der Waals surface area (Å²) < 4.78 is 40.0. The van der Waals surface area contributed by atoms with Crippen molar-refractivity contribution < 1.29 is 27.5 Å². The largest absolute Gasteiger partial charge is 0.493 e. The van der Waals surface area contributed by atoms with Crippen molar-refractivity contribution in [3.8, 4) is 11.5 Å². The molecular formula is C32H39Cl2N3O6S. The molecule has 0 saturated carbocycles. The molecule has 0 heterocycles. The molecule has 3 aromatic carbocycles. The van der Waals surface area contributed by atoms with Gasteiger partial charge in [-0.15, -0.1) is 0 Å². The highest BCUT2D eigenvalue weighted by molar-refractivity contribution is 7.92. The third-order valence-electron chi connectivity index (χ3n) is 6.78. The Balaban J connectivity index is 2.15. The fraction of sp³-hybridized carbons (Fsp3) is 0.375. The fourth-order valence-electron chi connectivity index (χ4n) is 4.55. The molecule has 0 bridgehead atoms. The van der Waals surface area contributed by atoms with Crippen LogP contribution in [-0.2, 0) is 26.2 Å². The van der Waals surface area contributed by atoms with Gasteiger partial charge >= 0.3 is 0 Å². The summed E-state index contributed by atoms with van der Waals surface area (Å²) in [6.07, 6.45) is 0.264. The number of hydrogen-bond acceptors (Lipinski definition) is 6. The Kier molecular flexibility index (Phi) is 11.6. The predicted octanol–water partition coefficient (Wildman–Crippen LogP) is 6.24. The van der Waals surface area contributed by atoms with Crippen LogP contribution < -0.4 is 19.1 Å². The number of nitrogens with zero attached hydrogens (tertiary/aromatic N) is 2. The van der Waals surface area contributed by atoms with Gasteiger partial charge in [-0.1, -0.05) is 53.9 Å². The van der Waals surface area contributed by atoms with E-state index in [1.165, 1.54) is 43.4 Å². The summed E-state index contributed by atoms with van der Waals surface area (Å²) in [5, 5.41) is 3.67. The first-order chi connectivity index (χ1) is 20.6. The van der Waals surface area contributed by atoms with Crippen LogP contribution in [0.25, 0.3) is 0 Å². The van der Waals surface area contributed by atoms with E-state index in [0.717, 1.165) is 9.87 Å². The normalized spacial score (nSPS) is 12.3. The first-order valence-corrected chi connectivity index (χ1v) is 16.2. The second kappa shape index (κ2) is 14.5. The molecule has 2 amide bonds. The maximum Gasteiger partial charge on any atom is 0.264 e. The van der Waals surface area contributed by atoms with E-state index in [-0.39, 0.29) is 35.2 Å². The van der Waals surface area contributed by atoms with E-state index in [1.807, 2.05) is 27.7 Å². The molecule has 12 heteroatoms. The lowest BCUT2D eigenvalue weighted by Gasteiger charge is -2.35. The number of aryl methyl sites for hydroxylation is 1. The van der Waals surface area contributed by atoms with E-state index in [0.29, 0.717) is 21.4 Å². The summed E-state index contributed by atoms with van der Waals surface area (Å²) in [6, 6.07) is 14.9. The van der Waals surface area contributed by atoms with Crippen LogP contribution in [0.2, 0.25) is 10.0 Å². The molecular weight excluding hydrogens is 625 g/mol. The minimum Gasteiger partial charge on any atom is -0.493 e. The molecule has 3 rings (SSSR count). The molecule has 0 spiro atoms. The number of rotatable bonds is 12. The van der Waals surface area contributed by atoms with E-state index in [9.17, 15) is 18.0 Å². The van der Waals surface area contributed by atoms with Crippen LogP contribution in [0.3, 0.4) is 0 Å². The quantitative estimate of drug-likeness (QED) is 0.246. The molecule has 1 atom stereocenters. The Bertz CT molecular complexity index is 1590. The van der Waals surface area contributed by atoms with Crippen LogP contribution in [0, 0.1) is 6.92 Å². The van der Waals surface area contributed by atoms with Crippen LogP contribution in [-0.4, -0.2) is 57.5 Å². The van der Waals surface area contributed by atoms with Gasteiger partial charge in [0.25, 0.3) is 10.0 Å². The maximum absolute atomic E-state index is 14.3. The minimum absolute atomic E-state index is 0.00417. The number of carbonyl (C=O) groups is 2. The number of methoxy groups -OCH3 is 2. The molecule has 3 aromatic rings. The standard InChI is InChI=1S/C32H39Cl2N3O6S/c1-8-27(31(39)35-32(3,4)5)36(19-22-11-12-23(33)17-26(22)34)30(38)20-37(24-13-16-28(42-6)29(18-24)43-7)44(40,41)25-14-9-21(2)10-15-25/h9-18,27H,8,19-20H2,1-7H3,(H,35,39). The van der Waals surface area contributed by atoms with Crippen molar-refractivity contribution in [2.75, 3.05) is 25.1 Å². The number of sulfonamides is 1. The number of carbonyl (C=O) groups excluding carboxylic acids is 2. The van der Waals surface area contributed by atoms with Crippen molar-refractivity contribution in [2.45, 2.75) is 64.1 Å². The van der Waals surface area contributed by atoms with Crippen molar-refractivity contribution in [3.63, 3.8) is 0 Å². The van der Waals surface area contributed by atoms with Crippen molar-refractivity contribution in [2.24, 2.45) is 0 Å². The third-order valence-corrected chi connectivity index (χ3v) is 9.16. The molecule has 0 aliphatic rings. The number of amides is 2. The zero-order valence-electron chi connectivity index (χ0n) is 26.0. The lowest BCUT2D eigenvalue weighted by atomic mass is 10.1. The van der Waals surface area contributed by atoms with Crippen LogP contribution in [0.1, 0.15) is 45.2 Å². The Morgan fingerprint density at radius 3 is 2.11 bits per heavy atom. The van der Waals surface area contributed by atoms with E-state index in [2.05, 4.69) is 5.32 Å². The van der Waals surface area contributed by atoms with Gasteiger partial charge in [-0.05, 0) is 76.1 Å². The zero-order chi connectivity index (χ0) is 32.8. The van der Waals surface area contributed by atoms with Gasteiger partial charge in [-0.25, -0.2) is 8.42 Å². The minimum atomic E-state index is -4.27. The molecule has 0 aliphatic heterocycles. The van der Waals surface area contributed by atoms with Crippen molar-refractivity contribution in [1.82, 2.24) is 10.2 Å². The van der Waals surface area contributed by atoms with Crippen LogP contribution >= 0.6 is 23.2 Å². The molecule has 1 unspecified atom stereocenters. The van der Waals surface area contributed by atoms with Crippen LogP contribution in [0.15, 0.2) is 65.6 Å². The molecule has 0 fully saturated rings. The van der Waals surface area contributed by atoms with Gasteiger partial charge in [0.2, 0.25) is 11.8 Å². The fourth-order valence-corrected chi connectivity index (χ4v) is 6.43. The highest BCUT2D eigenvalue weighted by Gasteiger charge is 2.35. The van der Waals surface area contributed by atoms with Gasteiger partial charge < -0.3 is 19.7 Å². The smallest absolute Gasteiger partial charge is 0.264 e. The molecule has 9 nitrogen and oxygen atoms in total. The summed E-state index contributed by atoms with van der Waals surface area (Å²) in [7, 11) is -1.37. The Hall–Kier alpha value is -3.47. The average molecular weight is 665 g/mol. The zero-order valence-corrected chi connectivity index (χ0v) is 28.3. The highest BCUT2D eigenvalue weighted by Crippen LogP contribution is 2.34. The van der Waals surface area contributed by atoms with Gasteiger partial charge in [0.1, 0.15) is 12.6 Å². The van der Waals surface area contributed by atoms with E-state index < -0.39 is 34.1 Å². The first kappa shape index (κ1) is 35.0. The molecule has 0 saturated heterocycles. The molecule has 0 aliphatic carbocycles. The van der Waals surface area contributed by atoms with Gasteiger partial charge in [-0.3, -0.25) is 13.9 Å². The van der Waals surface area contributed by atoms with Crippen molar-refractivity contribution in [1.29, 1.82) is 0 Å². The Morgan fingerprint density at radius 1 is 0.932 bits per heavy atom. The monoisotopic (exact) mass is 663 g/mol. The van der Waals surface area contributed by atoms with Gasteiger partial charge in [-0.2, -0.15) is 0 Å². The number of anilines is 1. The van der Waals surface area contributed by atoms with Gasteiger partial charge in [0.15, 0.2) is 11.5 Å². The van der Waals surface area contributed by atoms with Crippen molar-refractivity contribution in [3.05, 3.63) is 81.8 Å². The average Bonchev–Trinajstić information content (AvgIpc) is 2.95. The summed E-state index contributed by atoms with van der Waals surface area (Å²) in [5.74, 6) is -0.323. The lowest BCUT2D eigenvalue weighted by Crippen LogP contribution is -2.55. The summed E-state index contributed by atoms with van der Waals surface area (Å²) in [6.45, 7) is 8.48. The number of hydrogen-bond donors (Lipinski definition) is 1. The first-order valence-electron chi connectivity index (χ1n) is 14.0. The molecule has 0 aromatic heterocycles. The number of ether oxygens (including phenoxy) is 2. The summed E-state index contributed by atoms with van der Waals surface area (Å²) >= 11 is 12.6. The maximum atomic E-state index is 14.3. The topological polar surface area (TPSA) is 105 Å². The highest BCUT2D eigenvalue weighted by atomic mass is 35.5. The lowest BCUT2D eigenvalue weighted by molar-refractivity contribution is -0.141. The van der Waals surface area contributed by atoms with Gasteiger partial charge in [0, 0.05) is 28.2 Å². The second-order valence-corrected chi connectivity index (χ2v) is 14.0. The summed E-state index contributed by atoms with van der Waals surface area (Å²) in [4.78, 5) is 29.2. The van der Waals surface area contributed by atoms with Gasteiger partial charge in [0.05, 0.1) is 24.8 Å². The Morgan fingerprint density at radius 2 is 1.57 bits per heavy atom. The number of halogens is 2. The molecule has 0 radical (unpaired) electrons. The van der Waals surface area contributed by atoms with E-state index >= 15 is 0 Å². The molecule has 44 heavy (non-hydrogen) atoms. The predicted molar refractivity (Wildman–Crippen MR) is 174 cm³/mol. The SMILES string of the molecule is CCC(C(=O)NC(C)(C)C)N(Cc1ccc(Cl)cc1Cl)C(=O)CN(c1ccc(OC)c(OC)c1)S(=O)(=O)c1ccc(C)cc1.